The lowest BCUT2D eigenvalue weighted by Gasteiger charge is -2.39. The molecule has 2 aliphatic rings. The van der Waals surface area contributed by atoms with Crippen LogP contribution in [0, 0.1) is 5.41 Å². The first-order chi connectivity index (χ1) is 16.5. The second kappa shape index (κ2) is 9.95. The average molecular weight is 468 g/mol. The summed E-state index contributed by atoms with van der Waals surface area (Å²) in [5.74, 6) is 1.21. The molecule has 4 rings (SSSR count). The molecule has 0 saturated heterocycles. The predicted molar refractivity (Wildman–Crippen MR) is 128 cm³/mol. The van der Waals surface area contributed by atoms with Crippen LogP contribution in [0.25, 0.3) is 11.1 Å². The fourth-order valence-corrected chi connectivity index (χ4v) is 4.71. The minimum Gasteiger partial charge on any atom is -0.493 e. The van der Waals surface area contributed by atoms with E-state index >= 15 is 0 Å². The van der Waals surface area contributed by atoms with Gasteiger partial charge in [-0.2, -0.15) is 0 Å². The minimum absolute atomic E-state index is 0.0798. The van der Waals surface area contributed by atoms with Gasteiger partial charge in [0.05, 0.1) is 14.2 Å². The molecule has 34 heavy (non-hydrogen) atoms. The third kappa shape index (κ3) is 4.19. The predicted octanol–water partition coefficient (Wildman–Crippen LogP) is 4.90. The van der Waals surface area contributed by atoms with Crippen molar-refractivity contribution in [1.82, 2.24) is 5.32 Å². The molecular weight excluding hydrogens is 434 g/mol. The molecule has 1 fully saturated rings. The van der Waals surface area contributed by atoms with Crippen molar-refractivity contribution in [2.45, 2.75) is 58.6 Å². The van der Waals surface area contributed by atoms with E-state index in [1.807, 2.05) is 44.2 Å². The number of carbonyl (C=O) groups excluding carboxylic acids is 2. The lowest BCUT2D eigenvalue weighted by molar-refractivity contribution is -0.170. The Kier molecular flexibility index (Phi) is 7.00. The van der Waals surface area contributed by atoms with Gasteiger partial charge in [-0.25, -0.2) is 0 Å². The van der Waals surface area contributed by atoms with Gasteiger partial charge in [0.15, 0.2) is 11.5 Å². The molecule has 0 aromatic heterocycles. The summed E-state index contributed by atoms with van der Waals surface area (Å²) < 4.78 is 23.4. The molecule has 0 bridgehead atoms. The van der Waals surface area contributed by atoms with Crippen molar-refractivity contribution in [1.29, 1.82) is 0 Å². The first-order valence-corrected chi connectivity index (χ1v) is 12.0. The van der Waals surface area contributed by atoms with E-state index in [9.17, 15) is 9.59 Å². The lowest BCUT2D eigenvalue weighted by atomic mass is 9.69. The number of carbonyl (C=O) groups is 2. The number of esters is 1. The Morgan fingerprint density at radius 2 is 1.74 bits per heavy atom. The molecule has 2 aromatic rings. The van der Waals surface area contributed by atoms with Gasteiger partial charge in [0.25, 0.3) is 5.91 Å². The van der Waals surface area contributed by atoms with Crippen LogP contribution < -0.4 is 19.5 Å². The second-order valence-corrected chi connectivity index (χ2v) is 8.96. The molecule has 0 spiro atoms. The van der Waals surface area contributed by atoms with Crippen molar-refractivity contribution < 1.29 is 28.5 Å². The van der Waals surface area contributed by atoms with Crippen LogP contribution in [0.5, 0.6) is 17.2 Å². The Balaban J connectivity index is 1.70. The fourth-order valence-electron chi connectivity index (χ4n) is 4.71. The van der Waals surface area contributed by atoms with E-state index < -0.39 is 5.41 Å². The lowest BCUT2D eigenvalue weighted by Crippen LogP contribution is -2.45. The summed E-state index contributed by atoms with van der Waals surface area (Å²) in [7, 11) is 3.14. The third-order valence-corrected chi connectivity index (χ3v) is 7.06. The van der Waals surface area contributed by atoms with Crippen molar-refractivity contribution in [2.24, 2.45) is 5.41 Å². The van der Waals surface area contributed by atoms with Gasteiger partial charge in [-0.15, -0.1) is 0 Å². The molecular formula is C27H33NO6. The van der Waals surface area contributed by atoms with E-state index in [1.165, 1.54) is 0 Å². The number of ether oxygens (including phenoxy) is 4. The Morgan fingerprint density at radius 3 is 2.35 bits per heavy atom. The third-order valence-electron chi connectivity index (χ3n) is 7.06. The molecule has 182 valence electrons. The first kappa shape index (κ1) is 23.9. The van der Waals surface area contributed by atoms with Gasteiger partial charge in [0.1, 0.15) is 18.1 Å². The number of benzene rings is 2. The molecule has 1 heterocycles. The summed E-state index contributed by atoms with van der Waals surface area (Å²) in [4.78, 5) is 25.4. The van der Waals surface area contributed by atoms with Crippen LogP contribution in [0.15, 0.2) is 30.3 Å². The number of hydrogen-bond donors (Lipinski definition) is 1. The van der Waals surface area contributed by atoms with Crippen LogP contribution in [0.3, 0.4) is 0 Å². The van der Waals surface area contributed by atoms with E-state index in [2.05, 4.69) is 5.32 Å². The summed E-state index contributed by atoms with van der Waals surface area (Å²) in [5.41, 5.74) is 2.57. The molecule has 0 unspecified atom stereocenters. The average Bonchev–Trinajstić information content (AvgIpc) is 3.22. The maximum atomic E-state index is 13.1. The molecule has 1 N–H and O–H groups in total. The Bertz CT molecular complexity index is 1070. The molecule has 7 nitrogen and oxygen atoms in total. The van der Waals surface area contributed by atoms with Gasteiger partial charge in [-0.05, 0) is 55.0 Å². The molecule has 7 heteroatoms. The smallest absolute Gasteiger partial charge is 0.315 e. The topological polar surface area (TPSA) is 83.1 Å². The normalized spacial score (nSPS) is 15.9. The first-order valence-electron chi connectivity index (χ1n) is 12.0. The highest BCUT2D eigenvalue weighted by Crippen LogP contribution is 2.49. The van der Waals surface area contributed by atoms with E-state index in [0.29, 0.717) is 29.4 Å². The van der Waals surface area contributed by atoms with E-state index in [1.54, 1.807) is 14.2 Å². The van der Waals surface area contributed by atoms with E-state index in [-0.39, 0.29) is 24.6 Å². The van der Waals surface area contributed by atoms with Gasteiger partial charge < -0.3 is 24.3 Å². The number of nitrogens with one attached hydrogen (secondary N) is 1. The van der Waals surface area contributed by atoms with E-state index in [4.69, 9.17) is 18.9 Å². The van der Waals surface area contributed by atoms with Gasteiger partial charge in [0.2, 0.25) is 5.75 Å². The monoisotopic (exact) mass is 467 g/mol. The molecule has 1 aliphatic heterocycles. The van der Waals surface area contributed by atoms with Gasteiger partial charge in [0, 0.05) is 17.7 Å². The molecule has 1 saturated carbocycles. The van der Waals surface area contributed by atoms with Crippen LogP contribution >= 0.6 is 0 Å². The van der Waals surface area contributed by atoms with Gasteiger partial charge >= 0.3 is 5.97 Å². The summed E-state index contributed by atoms with van der Waals surface area (Å²) in [6.07, 6.45) is 3.92. The second-order valence-electron chi connectivity index (χ2n) is 8.96. The summed E-state index contributed by atoms with van der Waals surface area (Å²) >= 11 is 0. The molecule has 2 aromatic carbocycles. The van der Waals surface area contributed by atoms with Crippen molar-refractivity contribution in [2.75, 3.05) is 20.8 Å². The highest BCUT2D eigenvalue weighted by molar-refractivity contribution is 6.01. The maximum Gasteiger partial charge on any atom is 0.315 e. The van der Waals surface area contributed by atoms with Crippen LogP contribution in [0.2, 0.25) is 0 Å². The molecule has 0 radical (unpaired) electrons. The number of hydrogen-bond acceptors (Lipinski definition) is 6. The minimum atomic E-state index is -0.663. The standard InChI is InChI=1S/C27H33NO6/c1-5-17(6-2)34-26(30)27(13-8-14-27)16-33-23-19(11-12-22(31-3)24(23)32-4)18-9-7-10-20-21(18)15-28-25(20)29/h7,9-12,17H,5-6,8,13-16H2,1-4H3,(H,28,29). The number of amides is 1. The van der Waals surface area contributed by atoms with Crippen LogP contribution in [-0.4, -0.2) is 38.8 Å². The molecule has 0 atom stereocenters. The summed E-state index contributed by atoms with van der Waals surface area (Å²) in [6.45, 7) is 4.69. The van der Waals surface area contributed by atoms with Crippen LogP contribution in [0.4, 0.5) is 0 Å². The van der Waals surface area contributed by atoms with Crippen LogP contribution in [0.1, 0.15) is 61.9 Å². The summed E-state index contributed by atoms with van der Waals surface area (Å²) in [6, 6.07) is 9.38. The van der Waals surface area contributed by atoms with Crippen molar-refractivity contribution in [3.63, 3.8) is 0 Å². The van der Waals surface area contributed by atoms with Gasteiger partial charge in [-0.1, -0.05) is 32.4 Å². The van der Waals surface area contributed by atoms with E-state index in [0.717, 1.165) is 48.8 Å². The Hall–Kier alpha value is -3.22. The highest BCUT2D eigenvalue weighted by atomic mass is 16.6. The highest BCUT2D eigenvalue weighted by Gasteiger charge is 2.47. The van der Waals surface area contributed by atoms with Crippen molar-refractivity contribution >= 4 is 11.9 Å². The Labute approximate surface area is 200 Å². The zero-order valence-electron chi connectivity index (χ0n) is 20.4. The quantitative estimate of drug-likeness (QED) is 0.501. The number of rotatable bonds is 10. The molecule has 1 amide bonds. The fraction of sp³-hybridized carbons (Fsp3) is 0.481. The van der Waals surface area contributed by atoms with Gasteiger partial charge in [-0.3, -0.25) is 9.59 Å². The zero-order valence-corrected chi connectivity index (χ0v) is 20.4. The van der Waals surface area contributed by atoms with Crippen molar-refractivity contribution in [3.05, 3.63) is 41.5 Å². The summed E-state index contributed by atoms with van der Waals surface area (Å²) in [5, 5.41) is 2.89. The largest absolute Gasteiger partial charge is 0.493 e. The zero-order chi connectivity index (χ0) is 24.3. The van der Waals surface area contributed by atoms with Crippen LogP contribution in [-0.2, 0) is 16.1 Å². The molecule has 1 aliphatic carbocycles. The SMILES string of the molecule is CCC(CC)OC(=O)C1(COc2c(-c3cccc4c3CNC4=O)ccc(OC)c2OC)CCC1. The number of methoxy groups -OCH3 is 2. The van der Waals surface area contributed by atoms with Crippen molar-refractivity contribution in [3.8, 4) is 28.4 Å². The number of fused-ring (bicyclic) bond motifs is 1. The Morgan fingerprint density at radius 1 is 1.00 bits per heavy atom. The maximum absolute atomic E-state index is 13.1.